The summed E-state index contributed by atoms with van der Waals surface area (Å²) in [5.74, 6) is -0.341. The molecule has 0 saturated carbocycles. The number of aryl methyl sites for hydroxylation is 1. The summed E-state index contributed by atoms with van der Waals surface area (Å²) in [5.41, 5.74) is -0.142. The third-order valence-corrected chi connectivity index (χ3v) is 4.78. The van der Waals surface area contributed by atoms with Gasteiger partial charge in [-0.1, -0.05) is 18.2 Å². The van der Waals surface area contributed by atoms with Gasteiger partial charge in [0.2, 0.25) is 0 Å². The van der Waals surface area contributed by atoms with Gasteiger partial charge in [0.25, 0.3) is 11.5 Å². The molecule has 3 rings (SSSR count). The second kappa shape index (κ2) is 8.14. The fourth-order valence-corrected chi connectivity index (χ4v) is 3.22. The molecule has 1 amide bonds. The van der Waals surface area contributed by atoms with Crippen molar-refractivity contribution in [1.29, 1.82) is 0 Å². The van der Waals surface area contributed by atoms with Gasteiger partial charge in [0.1, 0.15) is 5.69 Å². The zero-order valence-corrected chi connectivity index (χ0v) is 15.4. The van der Waals surface area contributed by atoms with Crippen LogP contribution in [0.1, 0.15) is 34.5 Å². The largest absolute Gasteiger partial charge is 0.416 e. The molecule has 1 aliphatic rings. The lowest BCUT2D eigenvalue weighted by Crippen LogP contribution is -2.44. The summed E-state index contributed by atoms with van der Waals surface area (Å²) >= 11 is 0. The Morgan fingerprint density at radius 1 is 1.21 bits per heavy atom. The maximum absolute atomic E-state index is 12.8. The minimum Gasteiger partial charge on any atom is -0.348 e. The van der Waals surface area contributed by atoms with E-state index in [-0.39, 0.29) is 23.2 Å². The molecular weight excluding hydrogens is 373 g/mol. The summed E-state index contributed by atoms with van der Waals surface area (Å²) in [5, 5.41) is 6.83. The number of hydrogen-bond acceptors (Lipinski definition) is 4. The Morgan fingerprint density at radius 2 is 1.93 bits per heavy atom. The van der Waals surface area contributed by atoms with E-state index >= 15 is 0 Å². The molecule has 28 heavy (non-hydrogen) atoms. The van der Waals surface area contributed by atoms with E-state index in [1.54, 1.807) is 6.07 Å². The van der Waals surface area contributed by atoms with Crippen molar-refractivity contribution >= 4 is 5.91 Å². The first-order valence-electron chi connectivity index (χ1n) is 8.96. The quantitative estimate of drug-likeness (QED) is 0.863. The average molecular weight is 394 g/mol. The molecule has 1 aliphatic heterocycles. The normalized spacial score (nSPS) is 16.1. The summed E-state index contributed by atoms with van der Waals surface area (Å²) in [4.78, 5) is 25.7. The SMILES string of the molecule is Cn1nc(C(=O)NC2CCN(Cc3cccc(C(F)(F)F)c3)CC2)ccc1=O. The molecule has 9 heteroatoms. The number of piperidine rings is 1. The molecule has 2 aromatic rings. The molecule has 0 aliphatic carbocycles. The van der Waals surface area contributed by atoms with Gasteiger partial charge in [0.05, 0.1) is 5.56 Å². The molecule has 0 atom stereocenters. The fourth-order valence-electron chi connectivity index (χ4n) is 3.22. The van der Waals surface area contributed by atoms with Gasteiger partial charge < -0.3 is 5.32 Å². The summed E-state index contributed by atoms with van der Waals surface area (Å²) in [7, 11) is 1.48. The molecule has 1 N–H and O–H groups in total. The minimum absolute atomic E-state index is 0.0377. The van der Waals surface area contributed by atoms with E-state index in [0.29, 0.717) is 38.0 Å². The van der Waals surface area contributed by atoms with E-state index < -0.39 is 11.7 Å². The van der Waals surface area contributed by atoms with E-state index in [4.69, 9.17) is 0 Å². The molecule has 0 radical (unpaired) electrons. The molecule has 6 nitrogen and oxygen atoms in total. The van der Waals surface area contributed by atoms with E-state index in [2.05, 4.69) is 15.3 Å². The highest BCUT2D eigenvalue weighted by Gasteiger charge is 2.30. The molecule has 150 valence electrons. The van der Waals surface area contributed by atoms with E-state index in [1.807, 2.05) is 0 Å². The van der Waals surface area contributed by atoms with Crippen LogP contribution in [-0.2, 0) is 19.8 Å². The van der Waals surface area contributed by atoms with E-state index in [9.17, 15) is 22.8 Å². The first kappa shape index (κ1) is 20.1. The van der Waals surface area contributed by atoms with Crippen molar-refractivity contribution in [1.82, 2.24) is 20.0 Å². The first-order valence-corrected chi connectivity index (χ1v) is 8.96. The van der Waals surface area contributed by atoms with Gasteiger partial charge in [-0.25, -0.2) is 4.68 Å². The number of hydrogen-bond donors (Lipinski definition) is 1. The molecule has 2 heterocycles. The van der Waals surface area contributed by atoms with Gasteiger partial charge in [-0.15, -0.1) is 0 Å². The average Bonchev–Trinajstić information content (AvgIpc) is 2.65. The van der Waals surface area contributed by atoms with Gasteiger partial charge in [0, 0.05) is 38.8 Å². The number of rotatable bonds is 4. The van der Waals surface area contributed by atoms with Crippen LogP contribution in [0, 0.1) is 0 Å². The predicted molar refractivity (Wildman–Crippen MR) is 96.7 cm³/mol. The fraction of sp³-hybridized carbons (Fsp3) is 0.421. The van der Waals surface area contributed by atoms with Crippen molar-refractivity contribution in [3.05, 3.63) is 63.6 Å². The monoisotopic (exact) mass is 394 g/mol. The summed E-state index contributed by atoms with van der Waals surface area (Å²) in [6.07, 6.45) is -2.96. The van der Waals surface area contributed by atoms with Gasteiger partial charge in [-0.3, -0.25) is 14.5 Å². The summed E-state index contributed by atoms with van der Waals surface area (Å²) < 4.78 is 39.6. The van der Waals surface area contributed by atoms with Crippen LogP contribution in [-0.4, -0.2) is 39.7 Å². The predicted octanol–water partition coefficient (Wildman–Crippen LogP) is 2.19. The summed E-state index contributed by atoms with van der Waals surface area (Å²) in [6.45, 7) is 1.77. The number of aromatic nitrogens is 2. The van der Waals surface area contributed by atoms with Crippen molar-refractivity contribution in [3.8, 4) is 0 Å². The zero-order valence-electron chi connectivity index (χ0n) is 15.4. The molecule has 0 spiro atoms. The Labute approximate surface area is 160 Å². The highest BCUT2D eigenvalue weighted by Crippen LogP contribution is 2.30. The van der Waals surface area contributed by atoms with Crippen molar-refractivity contribution in [2.45, 2.75) is 31.6 Å². The zero-order chi connectivity index (χ0) is 20.3. The minimum atomic E-state index is -4.34. The molecular formula is C19H21F3N4O2. The number of nitrogens with one attached hydrogen (secondary N) is 1. The maximum Gasteiger partial charge on any atom is 0.416 e. The Kier molecular flexibility index (Phi) is 5.83. The number of alkyl halides is 3. The first-order chi connectivity index (χ1) is 13.2. The Hall–Kier alpha value is -2.68. The van der Waals surface area contributed by atoms with Crippen molar-refractivity contribution < 1.29 is 18.0 Å². The van der Waals surface area contributed by atoms with Crippen LogP contribution in [0.5, 0.6) is 0 Å². The molecule has 1 aromatic heterocycles. The third kappa shape index (κ3) is 4.98. The van der Waals surface area contributed by atoms with E-state index in [0.717, 1.165) is 10.7 Å². The van der Waals surface area contributed by atoms with Crippen LogP contribution >= 0.6 is 0 Å². The number of benzene rings is 1. The maximum atomic E-state index is 12.8. The van der Waals surface area contributed by atoms with Gasteiger partial charge in [-0.05, 0) is 30.5 Å². The topological polar surface area (TPSA) is 67.2 Å². The highest BCUT2D eigenvalue weighted by molar-refractivity contribution is 5.92. The lowest BCUT2D eigenvalue weighted by atomic mass is 10.0. The Balaban J connectivity index is 1.52. The second-order valence-corrected chi connectivity index (χ2v) is 6.90. The van der Waals surface area contributed by atoms with Crippen LogP contribution in [0.2, 0.25) is 0 Å². The number of halogens is 3. The second-order valence-electron chi connectivity index (χ2n) is 6.90. The van der Waals surface area contributed by atoms with Gasteiger partial charge >= 0.3 is 6.18 Å². The van der Waals surface area contributed by atoms with Crippen molar-refractivity contribution in [3.63, 3.8) is 0 Å². The third-order valence-electron chi connectivity index (χ3n) is 4.78. The lowest BCUT2D eigenvalue weighted by molar-refractivity contribution is -0.137. The number of carbonyl (C=O) groups is 1. The van der Waals surface area contributed by atoms with Crippen LogP contribution in [0.4, 0.5) is 13.2 Å². The number of carbonyl (C=O) groups excluding carboxylic acids is 1. The van der Waals surface area contributed by atoms with E-state index in [1.165, 1.54) is 31.3 Å². The van der Waals surface area contributed by atoms with Crippen LogP contribution in [0.15, 0.2) is 41.2 Å². The number of nitrogens with zero attached hydrogens (tertiary/aromatic N) is 3. The van der Waals surface area contributed by atoms with Gasteiger partial charge in [0.15, 0.2) is 0 Å². The Morgan fingerprint density at radius 3 is 2.57 bits per heavy atom. The molecule has 1 fully saturated rings. The molecule has 0 bridgehead atoms. The van der Waals surface area contributed by atoms with Crippen LogP contribution in [0.3, 0.4) is 0 Å². The van der Waals surface area contributed by atoms with Crippen LogP contribution in [0.25, 0.3) is 0 Å². The van der Waals surface area contributed by atoms with Crippen molar-refractivity contribution in [2.75, 3.05) is 13.1 Å². The smallest absolute Gasteiger partial charge is 0.348 e. The molecule has 1 saturated heterocycles. The number of likely N-dealkylation sites (tertiary alicyclic amines) is 1. The van der Waals surface area contributed by atoms with Gasteiger partial charge in [-0.2, -0.15) is 18.3 Å². The molecule has 1 aromatic carbocycles. The van der Waals surface area contributed by atoms with Crippen LogP contribution < -0.4 is 10.9 Å². The Bertz CT molecular complexity index is 903. The standard InChI is InChI=1S/C19H21F3N4O2/c1-25-17(27)6-5-16(24-25)18(28)23-15-7-9-26(10-8-15)12-13-3-2-4-14(11-13)19(20,21)22/h2-6,11,15H,7-10,12H2,1H3,(H,23,28). The lowest BCUT2D eigenvalue weighted by Gasteiger charge is -2.32. The van der Waals surface area contributed by atoms with Crippen molar-refractivity contribution in [2.24, 2.45) is 7.05 Å². The number of amides is 1. The molecule has 0 unspecified atom stereocenters. The summed E-state index contributed by atoms with van der Waals surface area (Å²) in [6, 6.07) is 8.00. The highest BCUT2D eigenvalue weighted by atomic mass is 19.4.